The average molecular weight is 419 g/mol. The number of nitrogens with zero attached hydrogens (tertiary/aromatic N) is 3. The summed E-state index contributed by atoms with van der Waals surface area (Å²) in [5.74, 6) is -2.30. The quantitative estimate of drug-likeness (QED) is 0.571. The van der Waals surface area contributed by atoms with Gasteiger partial charge in [-0.25, -0.2) is 4.21 Å². The lowest BCUT2D eigenvalue weighted by atomic mass is 10.2. The van der Waals surface area contributed by atoms with Gasteiger partial charge in [0.1, 0.15) is 11.7 Å². The van der Waals surface area contributed by atoms with Gasteiger partial charge >= 0.3 is 12.1 Å². The summed E-state index contributed by atoms with van der Waals surface area (Å²) in [5, 5.41) is 16.3. The second-order valence-corrected chi connectivity index (χ2v) is 8.66. The largest absolute Gasteiger partial charge is 0.480 e. The summed E-state index contributed by atoms with van der Waals surface area (Å²) in [5.41, 5.74) is 6.14. The molecule has 0 bridgehead atoms. The third kappa shape index (κ3) is 6.02. The minimum absolute atomic E-state index is 0.257. The fourth-order valence-corrected chi connectivity index (χ4v) is 3.86. The van der Waals surface area contributed by atoms with Crippen molar-refractivity contribution in [2.75, 3.05) is 11.5 Å². The van der Waals surface area contributed by atoms with Gasteiger partial charge in [0.2, 0.25) is 0 Å². The molecule has 1 aromatic heterocycles. The molecule has 2 rings (SSSR count). The first-order chi connectivity index (χ1) is 13.0. The normalized spacial score (nSPS) is 16.3. The highest BCUT2D eigenvalue weighted by molar-refractivity contribution is 7.92. The number of aliphatic carboxylic acids is 1. The van der Waals surface area contributed by atoms with Crippen LogP contribution in [0.2, 0.25) is 0 Å². The zero-order chi connectivity index (χ0) is 20.9. The lowest BCUT2D eigenvalue weighted by Crippen LogP contribution is -2.33. The number of carboxylic acid groups (broad SMARTS) is 1. The first-order valence-corrected chi connectivity index (χ1v) is 10.2. The maximum atomic E-state index is 13.5. The Kier molecular flexibility index (Phi) is 6.77. The highest BCUT2D eigenvalue weighted by Gasteiger charge is 2.42. The van der Waals surface area contributed by atoms with E-state index in [9.17, 15) is 22.2 Å². The summed E-state index contributed by atoms with van der Waals surface area (Å²) in [7, 11) is -3.43. The molecule has 0 aliphatic heterocycles. The van der Waals surface area contributed by atoms with E-state index in [2.05, 4.69) is 10.2 Å². The fraction of sp³-hybridized carbons (Fsp3) is 0.438. The van der Waals surface area contributed by atoms with E-state index in [1.807, 2.05) is 0 Å². The Morgan fingerprint density at radius 1 is 1.25 bits per heavy atom. The number of halogens is 3. The molecule has 0 amide bonds. The minimum atomic E-state index is -4.71. The monoisotopic (exact) mass is 419 g/mol. The van der Waals surface area contributed by atoms with E-state index >= 15 is 0 Å². The highest BCUT2D eigenvalue weighted by Crippen LogP contribution is 2.33. The predicted octanol–water partition coefficient (Wildman–Crippen LogP) is 2.29. The van der Waals surface area contributed by atoms with Gasteiger partial charge in [0.05, 0.1) is 6.20 Å². The molecule has 8 nitrogen and oxygen atoms in total. The number of rotatable bonds is 9. The molecule has 4 N–H and O–H groups in total. The topological polar surface area (TPSA) is 135 Å². The van der Waals surface area contributed by atoms with Gasteiger partial charge < -0.3 is 10.8 Å². The SMILES string of the molecule is N=S(=O)(CCC(n1ncc(-c2ccccc2)n1)C(F)(F)F)CC[C@H](N)C(=O)O. The number of carboxylic acids is 1. The van der Waals surface area contributed by atoms with E-state index in [-0.39, 0.29) is 12.1 Å². The van der Waals surface area contributed by atoms with Gasteiger partial charge in [-0.3, -0.25) is 9.57 Å². The second kappa shape index (κ2) is 8.69. The molecular weight excluding hydrogens is 399 g/mol. The van der Waals surface area contributed by atoms with Gasteiger partial charge in [-0.2, -0.15) is 28.2 Å². The van der Waals surface area contributed by atoms with Crippen LogP contribution in [0.1, 0.15) is 18.9 Å². The molecule has 3 atom stereocenters. The van der Waals surface area contributed by atoms with E-state index in [0.717, 1.165) is 0 Å². The minimum Gasteiger partial charge on any atom is -0.480 e. The number of alkyl halides is 3. The van der Waals surface area contributed by atoms with Crippen molar-refractivity contribution in [1.82, 2.24) is 15.0 Å². The van der Waals surface area contributed by atoms with Gasteiger partial charge in [-0.1, -0.05) is 30.3 Å². The Morgan fingerprint density at radius 3 is 2.43 bits per heavy atom. The van der Waals surface area contributed by atoms with E-state index in [0.29, 0.717) is 10.4 Å². The van der Waals surface area contributed by atoms with Crippen LogP contribution in [0.5, 0.6) is 0 Å². The molecule has 0 saturated heterocycles. The molecule has 0 aliphatic rings. The Balaban J connectivity index is 2.11. The van der Waals surface area contributed by atoms with Gasteiger partial charge in [0, 0.05) is 26.8 Å². The number of carbonyl (C=O) groups is 1. The van der Waals surface area contributed by atoms with Crippen LogP contribution in [0.4, 0.5) is 13.2 Å². The molecule has 0 saturated carbocycles. The third-order valence-electron chi connectivity index (χ3n) is 4.03. The van der Waals surface area contributed by atoms with Crippen LogP contribution in [0.25, 0.3) is 11.3 Å². The van der Waals surface area contributed by atoms with E-state index in [4.69, 9.17) is 15.6 Å². The summed E-state index contributed by atoms with van der Waals surface area (Å²) in [6.45, 7) is 0. The van der Waals surface area contributed by atoms with Gasteiger partial charge in [0.15, 0.2) is 6.04 Å². The van der Waals surface area contributed by atoms with Crippen molar-refractivity contribution in [3.8, 4) is 11.3 Å². The van der Waals surface area contributed by atoms with E-state index in [1.165, 1.54) is 6.20 Å². The zero-order valence-corrected chi connectivity index (χ0v) is 15.5. The van der Waals surface area contributed by atoms with Crippen LogP contribution in [0.15, 0.2) is 36.5 Å². The van der Waals surface area contributed by atoms with Gasteiger partial charge in [-0.05, 0) is 12.8 Å². The number of benzene rings is 1. The lowest BCUT2D eigenvalue weighted by molar-refractivity contribution is -0.173. The van der Waals surface area contributed by atoms with Crippen LogP contribution in [-0.4, -0.2) is 54.0 Å². The van der Waals surface area contributed by atoms with E-state index in [1.54, 1.807) is 30.3 Å². The summed E-state index contributed by atoms with van der Waals surface area (Å²) in [6, 6.07) is 5.08. The van der Waals surface area contributed by atoms with Crippen LogP contribution in [0.3, 0.4) is 0 Å². The number of hydrogen-bond donors (Lipinski definition) is 3. The molecule has 2 aromatic rings. The van der Waals surface area contributed by atoms with Crippen LogP contribution in [-0.2, 0) is 14.5 Å². The van der Waals surface area contributed by atoms with Crippen LogP contribution < -0.4 is 5.73 Å². The van der Waals surface area contributed by atoms with Crippen molar-refractivity contribution >= 4 is 15.7 Å². The van der Waals surface area contributed by atoms with Crippen molar-refractivity contribution in [3.63, 3.8) is 0 Å². The lowest BCUT2D eigenvalue weighted by Gasteiger charge is -2.20. The van der Waals surface area contributed by atoms with Crippen molar-refractivity contribution in [2.24, 2.45) is 5.73 Å². The van der Waals surface area contributed by atoms with Gasteiger partial charge in [-0.15, -0.1) is 0 Å². The molecule has 1 heterocycles. The van der Waals surface area contributed by atoms with E-state index < -0.39 is 51.9 Å². The summed E-state index contributed by atoms with van der Waals surface area (Å²) in [4.78, 5) is 11.2. The molecule has 0 radical (unpaired) electrons. The van der Waals surface area contributed by atoms with Crippen molar-refractivity contribution in [2.45, 2.75) is 31.1 Å². The Hall–Kier alpha value is -2.47. The number of nitrogens with two attached hydrogens (primary N) is 1. The molecule has 0 aliphatic carbocycles. The number of hydrogen-bond acceptors (Lipinski definition) is 6. The summed E-state index contributed by atoms with van der Waals surface area (Å²) < 4.78 is 60.3. The number of nitrogens with one attached hydrogen (secondary N) is 1. The Morgan fingerprint density at radius 2 is 1.86 bits per heavy atom. The molecule has 2 unspecified atom stereocenters. The third-order valence-corrected chi connectivity index (χ3v) is 5.82. The standard InChI is InChI=1S/C16H20F3N5O3S/c17-16(18,19)14(7-9-28(21,27)8-6-12(20)15(25)26)24-22-10-13(23-24)11-4-2-1-3-5-11/h1-5,10,12,14,21H,6-9,20H2,(H,25,26)/t12-,14?,28?/m0/s1. The molecule has 0 fully saturated rings. The molecule has 154 valence electrons. The summed E-state index contributed by atoms with van der Waals surface area (Å²) >= 11 is 0. The molecular formula is C16H20F3N5O3S. The molecule has 28 heavy (non-hydrogen) atoms. The molecule has 1 aromatic carbocycles. The van der Waals surface area contributed by atoms with Crippen LogP contribution >= 0.6 is 0 Å². The highest BCUT2D eigenvalue weighted by atomic mass is 32.2. The Labute approximate surface area is 159 Å². The number of aromatic nitrogens is 3. The second-order valence-electron chi connectivity index (χ2n) is 6.22. The zero-order valence-electron chi connectivity index (χ0n) is 14.7. The maximum absolute atomic E-state index is 13.5. The van der Waals surface area contributed by atoms with Crippen molar-refractivity contribution < 1.29 is 27.3 Å². The first-order valence-electron chi connectivity index (χ1n) is 8.26. The van der Waals surface area contributed by atoms with Crippen molar-refractivity contribution in [1.29, 1.82) is 4.78 Å². The smallest absolute Gasteiger partial charge is 0.412 e. The maximum Gasteiger partial charge on any atom is 0.412 e. The summed E-state index contributed by atoms with van der Waals surface area (Å²) in [6.07, 6.45) is -4.43. The average Bonchev–Trinajstić information content (AvgIpc) is 3.09. The van der Waals surface area contributed by atoms with Crippen LogP contribution in [0, 0.1) is 4.78 Å². The Bertz CT molecular complexity index is 900. The van der Waals surface area contributed by atoms with Gasteiger partial charge in [0.25, 0.3) is 0 Å². The predicted molar refractivity (Wildman–Crippen MR) is 96.0 cm³/mol. The van der Waals surface area contributed by atoms with Crippen molar-refractivity contribution in [3.05, 3.63) is 36.5 Å². The fourth-order valence-electron chi connectivity index (χ4n) is 2.42. The molecule has 12 heteroatoms. The molecule has 0 spiro atoms. The first kappa shape index (κ1) is 21.8.